The largest absolute Gasteiger partial charge is 0.444 e. The number of likely N-dealkylation sites (tertiary alicyclic amines) is 1. The van der Waals surface area contributed by atoms with Gasteiger partial charge in [-0.05, 0) is 32.6 Å². The zero-order valence-electron chi connectivity index (χ0n) is 12.2. The molecular weight excluding hydrogens is 248 g/mol. The molecule has 108 valence electrons. The number of hydrogen-bond donors (Lipinski definition) is 0. The van der Waals surface area contributed by atoms with Crippen LogP contribution >= 0.6 is 0 Å². The average molecular weight is 270 g/mol. The molecule has 1 heterocycles. The third-order valence-electron chi connectivity index (χ3n) is 3.72. The van der Waals surface area contributed by atoms with Gasteiger partial charge in [0, 0.05) is 20.1 Å². The van der Waals surface area contributed by atoms with Crippen molar-refractivity contribution in [1.82, 2.24) is 9.96 Å². The molecule has 1 aliphatic carbocycles. The van der Waals surface area contributed by atoms with Gasteiger partial charge in [0.2, 0.25) is 5.91 Å². The Morgan fingerprint density at radius 3 is 2.16 bits per heavy atom. The molecule has 2 amide bonds. The van der Waals surface area contributed by atoms with Crippen LogP contribution in [0.5, 0.6) is 0 Å². The van der Waals surface area contributed by atoms with Gasteiger partial charge in [0.1, 0.15) is 5.60 Å². The first-order valence-electron chi connectivity index (χ1n) is 6.54. The number of carbonyl (C=O) groups excluding carboxylic acids is 2. The second-order valence-electron chi connectivity index (χ2n) is 6.26. The van der Waals surface area contributed by atoms with Gasteiger partial charge in [0.15, 0.2) is 0 Å². The highest BCUT2D eigenvalue weighted by Gasteiger charge is 2.61. The fourth-order valence-electron chi connectivity index (χ4n) is 2.67. The molecular formula is C13H22N2O4. The molecule has 6 heteroatoms. The minimum atomic E-state index is -0.477. The van der Waals surface area contributed by atoms with Crippen molar-refractivity contribution in [3.8, 4) is 0 Å². The molecule has 0 aromatic carbocycles. The molecule has 2 unspecified atom stereocenters. The van der Waals surface area contributed by atoms with E-state index in [2.05, 4.69) is 0 Å². The molecule has 19 heavy (non-hydrogen) atoms. The van der Waals surface area contributed by atoms with E-state index in [-0.39, 0.29) is 29.8 Å². The maximum absolute atomic E-state index is 11.9. The Kier molecular flexibility index (Phi) is 3.47. The van der Waals surface area contributed by atoms with Crippen molar-refractivity contribution in [1.29, 1.82) is 0 Å². The van der Waals surface area contributed by atoms with Crippen LogP contribution in [-0.2, 0) is 14.4 Å². The predicted molar refractivity (Wildman–Crippen MR) is 68.1 cm³/mol. The van der Waals surface area contributed by atoms with Gasteiger partial charge in [0.05, 0.1) is 13.0 Å². The fourth-order valence-corrected chi connectivity index (χ4v) is 2.67. The number of carbonyl (C=O) groups is 2. The van der Waals surface area contributed by atoms with E-state index in [9.17, 15) is 9.59 Å². The molecule has 3 atom stereocenters. The molecule has 2 aliphatic rings. The van der Waals surface area contributed by atoms with E-state index in [1.807, 2.05) is 20.8 Å². The Labute approximate surface area is 113 Å². The third-order valence-corrected chi connectivity index (χ3v) is 3.72. The summed E-state index contributed by atoms with van der Waals surface area (Å²) in [5, 5.41) is 1.26. The van der Waals surface area contributed by atoms with Crippen LogP contribution in [0.3, 0.4) is 0 Å². The summed E-state index contributed by atoms with van der Waals surface area (Å²) < 4.78 is 5.32. The zero-order chi connectivity index (χ0) is 14.4. The lowest BCUT2D eigenvalue weighted by atomic mass is 10.2. The van der Waals surface area contributed by atoms with Gasteiger partial charge < -0.3 is 9.64 Å². The zero-order valence-corrected chi connectivity index (χ0v) is 12.2. The van der Waals surface area contributed by atoms with Crippen molar-refractivity contribution in [2.45, 2.75) is 26.4 Å². The molecule has 1 aliphatic heterocycles. The third kappa shape index (κ3) is 2.83. The molecule has 2 fully saturated rings. The van der Waals surface area contributed by atoms with E-state index in [4.69, 9.17) is 9.57 Å². The normalized spacial score (nSPS) is 28.9. The standard InChI is InChI=1S/C13H22N2O4/c1-13(2,3)19-12(17)15-6-8-9(7-15)10(8)11(16)14(4)18-5/h8-10H,6-7H2,1-5H3/t8-,9?,10?/m1/s1. The summed E-state index contributed by atoms with van der Waals surface area (Å²) >= 11 is 0. The summed E-state index contributed by atoms with van der Waals surface area (Å²) in [6.07, 6.45) is -0.286. The van der Waals surface area contributed by atoms with Crippen molar-refractivity contribution < 1.29 is 19.2 Å². The van der Waals surface area contributed by atoms with Crippen molar-refractivity contribution >= 4 is 12.0 Å². The molecule has 6 nitrogen and oxygen atoms in total. The van der Waals surface area contributed by atoms with Crippen molar-refractivity contribution in [3.63, 3.8) is 0 Å². The highest BCUT2D eigenvalue weighted by molar-refractivity contribution is 5.82. The van der Waals surface area contributed by atoms with Gasteiger partial charge in [-0.25, -0.2) is 9.86 Å². The number of piperidine rings is 1. The lowest BCUT2D eigenvalue weighted by Gasteiger charge is -2.26. The van der Waals surface area contributed by atoms with Gasteiger partial charge in [0.25, 0.3) is 0 Å². The number of nitrogens with zero attached hydrogens (tertiary/aromatic N) is 2. The van der Waals surface area contributed by atoms with Gasteiger partial charge >= 0.3 is 6.09 Å². The second-order valence-corrected chi connectivity index (χ2v) is 6.26. The summed E-state index contributed by atoms with van der Waals surface area (Å²) in [5.41, 5.74) is -0.477. The fraction of sp³-hybridized carbons (Fsp3) is 0.846. The maximum atomic E-state index is 11.9. The molecule has 2 rings (SSSR count). The second kappa shape index (κ2) is 4.67. The lowest BCUT2D eigenvalue weighted by Crippen LogP contribution is -2.38. The molecule has 0 spiro atoms. The first-order valence-corrected chi connectivity index (χ1v) is 6.54. The first-order chi connectivity index (χ1) is 8.74. The van der Waals surface area contributed by atoms with Crippen molar-refractivity contribution in [2.24, 2.45) is 17.8 Å². The van der Waals surface area contributed by atoms with Crippen LogP contribution in [0, 0.1) is 17.8 Å². The molecule has 0 aromatic heterocycles. The molecule has 0 N–H and O–H groups in total. The lowest BCUT2D eigenvalue weighted by molar-refractivity contribution is -0.171. The number of hydroxylamine groups is 2. The minimum absolute atomic E-state index is 0.00124. The van der Waals surface area contributed by atoms with E-state index < -0.39 is 5.60 Å². The molecule has 0 aromatic rings. The van der Waals surface area contributed by atoms with Gasteiger partial charge in [-0.3, -0.25) is 9.63 Å². The Bertz CT molecular complexity index is 379. The minimum Gasteiger partial charge on any atom is -0.444 e. The topological polar surface area (TPSA) is 59.1 Å². The Hall–Kier alpha value is -1.30. The first kappa shape index (κ1) is 14.1. The number of ether oxygens (including phenoxy) is 1. The maximum Gasteiger partial charge on any atom is 0.410 e. The van der Waals surface area contributed by atoms with Crippen LogP contribution < -0.4 is 0 Å². The smallest absolute Gasteiger partial charge is 0.410 e. The Morgan fingerprint density at radius 2 is 1.74 bits per heavy atom. The van der Waals surface area contributed by atoms with Crippen LogP contribution in [0.25, 0.3) is 0 Å². The van der Waals surface area contributed by atoms with Gasteiger partial charge in [-0.15, -0.1) is 0 Å². The van der Waals surface area contributed by atoms with E-state index in [0.29, 0.717) is 13.1 Å². The van der Waals surface area contributed by atoms with E-state index >= 15 is 0 Å². The van der Waals surface area contributed by atoms with Crippen LogP contribution in [0.4, 0.5) is 4.79 Å². The quantitative estimate of drug-likeness (QED) is 0.706. The molecule has 0 radical (unpaired) electrons. The van der Waals surface area contributed by atoms with Crippen molar-refractivity contribution in [3.05, 3.63) is 0 Å². The molecule has 0 bridgehead atoms. The summed E-state index contributed by atoms with van der Waals surface area (Å²) in [6, 6.07) is 0. The predicted octanol–water partition coefficient (Wildman–Crippen LogP) is 1.12. The van der Waals surface area contributed by atoms with Crippen LogP contribution in [0.15, 0.2) is 0 Å². The Balaban J connectivity index is 1.84. The summed E-state index contributed by atoms with van der Waals surface area (Å²) in [6.45, 7) is 6.76. The number of rotatable bonds is 2. The summed E-state index contributed by atoms with van der Waals surface area (Å²) in [5.74, 6) is 0.528. The average Bonchev–Trinajstić information content (AvgIpc) is 2.78. The number of amides is 2. The van der Waals surface area contributed by atoms with Crippen molar-refractivity contribution in [2.75, 3.05) is 27.2 Å². The molecule has 1 saturated heterocycles. The van der Waals surface area contributed by atoms with E-state index in [1.54, 1.807) is 11.9 Å². The van der Waals surface area contributed by atoms with E-state index in [0.717, 1.165) is 0 Å². The monoisotopic (exact) mass is 270 g/mol. The van der Waals surface area contributed by atoms with E-state index in [1.165, 1.54) is 12.2 Å². The van der Waals surface area contributed by atoms with Crippen LogP contribution in [0.2, 0.25) is 0 Å². The van der Waals surface area contributed by atoms with Gasteiger partial charge in [-0.1, -0.05) is 0 Å². The highest BCUT2D eigenvalue weighted by atomic mass is 16.7. The van der Waals surface area contributed by atoms with Gasteiger partial charge in [-0.2, -0.15) is 0 Å². The number of hydrogen-bond acceptors (Lipinski definition) is 4. The summed E-state index contributed by atoms with van der Waals surface area (Å²) in [4.78, 5) is 30.4. The molecule has 1 saturated carbocycles. The van der Waals surface area contributed by atoms with Crippen LogP contribution in [-0.4, -0.2) is 54.8 Å². The highest BCUT2D eigenvalue weighted by Crippen LogP contribution is 2.52. The SMILES string of the molecule is CON(C)C(=O)C1C2CN(C(=O)OC(C)(C)C)C[C@H]21. The number of fused-ring (bicyclic) bond motifs is 1. The summed E-state index contributed by atoms with van der Waals surface area (Å²) in [7, 11) is 3.09. The van der Waals surface area contributed by atoms with Crippen LogP contribution in [0.1, 0.15) is 20.8 Å². The Morgan fingerprint density at radius 1 is 1.21 bits per heavy atom.